The van der Waals surface area contributed by atoms with Crippen molar-refractivity contribution in [3.05, 3.63) is 57.8 Å². The van der Waals surface area contributed by atoms with Crippen molar-refractivity contribution in [2.75, 3.05) is 0 Å². The number of benzene rings is 2. The highest BCUT2D eigenvalue weighted by Gasteiger charge is 2.17. The molecule has 0 saturated carbocycles. The number of rotatable bonds is 3. The molecule has 0 aromatic heterocycles. The summed E-state index contributed by atoms with van der Waals surface area (Å²) >= 11 is 2.92. The Hall–Kier alpha value is -1.88. The van der Waals surface area contributed by atoms with E-state index >= 15 is 0 Å². The summed E-state index contributed by atoms with van der Waals surface area (Å²) in [5.74, 6) is -1.47. The van der Waals surface area contributed by atoms with E-state index in [1.165, 1.54) is 12.1 Å². The third-order valence-corrected chi connectivity index (χ3v) is 3.27. The summed E-state index contributed by atoms with van der Waals surface area (Å²) in [6.45, 7) is 1.90. The maximum Gasteiger partial charge on any atom is 0.336 e. The van der Waals surface area contributed by atoms with E-state index in [1.807, 2.05) is 13.0 Å². The van der Waals surface area contributed by atoms with E-state index in [0.29, 0.717) is 5.75 Å². The molecule has 0 spiro atoms. The minimum atomic E-state index is -1.20. The minimum absolute atomic E-state index is 0.0255. The number of ether oxygens (including phenoxy) is 1. The van der Waals surface area contributed by atoms with Crippen LogP contribution in [-0.2, 0) is 0 Å². The summed E-state index contributed by atoms with van der Waals surface area (Å²) in [7, 11) is 0. The normalized spacial score (nSPS) is 10.3. The maximum absolute atomic E-state index is 14.0. The molecule has 0 aliphatic carbocycles. The number of carboxylic acid groups (broad SMARTS) is 1. The van der Waals surface area contributed by atoms with Crippen LogP contribution in [0.3, 0.4) is 0 Å². The van der Waals surface area contributed by atoms with Gasteiger partial charge in [-0.15, -0.1) is 0 Å². The molecule has 1 N–H and O–H groups in total. The molecule has 5 heteroatoms. The summed E-state index contributed by atoms with van der Waals surface area (Å²) < 4.78 is 19.3. The number of hydrogen-bond acceptors (Lipinski definition) is 2. The van der Waals surface area contributed by atoms with E-state index in [-0.39, 0.29) is 15.8 Å². The predicted octanol–water partition coefficient (Wildman–Crippen LogP) is 4.39. The van der Waals surface area contributed by atoms with Crippen LogP contribution in [-0.4, -0.2) is 11.1 Å². The molecule has 0 radical (unpaired) electrons. The predicted molar refractivity (Wildman–Crippen MR) is 72.3 cm³/mol. The van der Waals surface area contributed by atoms with Gasteiger partial charge >= 0.3 is 5.97 Å². The van der Waals surface area contributed by atoms with Crippen molar-refractivity contribution in [2.24, 2.45) is 0 Å². The molecule has 98 valence electrons. The zero-order valence-electron chi connectivity index (χ0n) is 9.98. The number of halogens is 2. The Morgan fingerprint density at radius 1 is 1.32 bits per heavy atom. The number of carbonyl (C=O) groups is 1. The highest BCUT2D eigenvalue weighted by Crippen LogP contribution is 2.31. The summed E-state index contributed by atoms with van der Waals surface area (Å²) in [6, 6.07) is 9.74. The molecule has 0 aliphatic heterocycles. The fourth-order valence-corrected chi connectivity index (χ4v) is 2.08. The number of hydrogen-bond donors (Lipinski definition) is 1. The van der Waals surface area contributed by atoms with Gasteiger partial charge in [-0.2, -0.15) is 0 Å². The molecular weight excluding hydrogens is 315 g/mol. The average Bonchev–Trinajstić information content (AvgIpc) is 2.35. The van der Waals surface area contributed by atoms with Crippen molar-refractivity contribution in [1.29, 1.82) is 0 Å². The summed E-state index contributed by atoms with van der Waals surface area (Å²) in [5.41, 5.74) is 0.841. The number of aromatic carboxylic acids is 1. The minimum Gasteiger partial charge on any atom is -0.478 e. The molecule has 0 bridgehead atoms. The largest absolute Gasteiger partial charge is 0.478 e. The lowest BCUT2D eigenvalue weighted by Crippen LogP contribution is -2.00. The SMILES string of the molecule is Cc1cccc(Oc2ccc(C(=O)O)c(Br)c2F)c1. The summed E-state index contributed by atoms with van der Waals surface area (Å²) in [4.78, 5) is 10.9. The second kappa shape index (κ2) is 5.40. The summed E-state index contributed by atoms with van der Waals surface area (Å²) in [6.07, 6.45) is 0. The fraction of sp³-hybridized carbons (Fsp3) is 0.0714. The van der Waals surface area contributed by atoms with E-state index in [0.717, 1.165) is 5.56 Å². The molecule has 19 heavy (non-hydrogen) atoms. The first-order valence-electron chi connectivity index (χ1n) is 5.45. The first-order valence-corrected chi connectivity index (χ1v) is 6.24. The van der Waals surface area contributed by atoms with E-state index < -0.39 is 11.8 Å². The standard InChI is InChI=1S/C14H10BrFO3/c1-8-3-2-4-9(7-8)19-11-6-5-10(14(17)18)12(15)13(11)16/h2-7H,1H3,(H,17,18). The summed E-state index contributed by atoms with van der Waals surface area (Å²) in [5, 5.41) is 8.87. The lowest BCUT2D eigenvalue weighted by atomic mass is 10.2. The lowest BCUT2D eigenvalue weighted by Gasteiger charge is -2.09. The van der Waals surface area contributed by atoms with Crippen molar-refractivity contribution < 1.29 is 19.0 Å². The highest BCUT2D eigenvalue weighted by atomic mass is 79.9. The van der Waals surface area contributed by atoms with Gasteiger partial charge in [-0.25, -0.2) is 9.18 Å². The van der Waals surface area contributed by atoms with Gasteiger partial charge in [-0.05, 0) is 52.7 Å². The van der Waals surface area contributed by atoms with Gasteiger partial charge in [0.1, 0.15) is 5.75 Å². The zero-order chi connectivity index (χ0) is 14.0. The Balaban J connectivity index is 2.37. The second-order valence-corrected chi connectivity index (χ2v) is 4.76. The number of aryl methyl sites for hydroxylation is 1. The molecule has 0 saturated heterocycles. The third-order valence-electron chi connectivity index (χ3n) is 2.49. The van der Waals surface area contributed by atoms with E-state index in [4.69, 9.17) is 9.84 Å². The molecule has 0 amide bonds. The molecule has 2 aromatic carbocycles. The van der Waals surface area contributed by atoms with Crippen LogP contribution in [0.1, 0.15) is 15.9 Å². The van der Waals surface area contributed by atoms with Crippen molar-refractivity contribution in [3.63, 3.8) is 0 Å². The Bertz CT molecular complexity index is 641. The average molecular weight is 325 g/mol. The van der Waals surface area contributed by atoms with E-state index in [1.54, 1.807) is 18.2 Å². The van der Waals surface area contributed by atoms with Crippen LogP contribution in [0.2, 0.25) is 0 Å². The number of carboxylic acids is 1. The molecule has 0 atom stereocenters. The molecule has 3 nitrogen and oxygen atoms in total. The van der Waals surface area contributed by atoms with Crippen LogP contribution in [0.5, 0.6) is 11.5 Å². The van der Waals surface area contributed by atoms with Gasteiger partial charge in [0.25, 0.3) is 0 Å². The van der Waals surface area contributed by atoms with Crippen LogP contribution in [0.15, 0.2) is 40.9 Å². The van der Waals surface area contributed by atoms with Crippen molar-refractivity contribution in [3.8, 4) is 11.5 Å². The van der Waals surface area contributed by atoms with E-state index in [2.05, 4.69) is 15.9 Å². The Kier molecular flexibility index (Phi) is 3.85. The second-order valence-electron chi connectivity index (χ2n) is 3.96. The monoisotopic (exact) mass is 324 g/mol. The van der Waals surface area contributed by atoms with Gasteiger partial charge in [-0.3, -0.25) is 0 Å². The zero-order valence-corrected chi connectivity index (χ0v) is 11.6. The van der Waals surface area contributed by atoms with Crippen LogP contribution >= 0.6 is 15.9 Å². The van der Waals surface area contributed by atoms with Gasteiger partial charge in [-0.1, -0.05) is 12.1 Å². The molecule has 0 unspecified atom stereocenters. The lowest BCUT2D eigenvalue weighted by molar-refractivity contribution is 0.0695. The van der Waals surface area contributed by atoms with Gasteiger partial charge in [0, 0.05) is 0 Å². The van der Waals surface area contributed by atoms with Crippen LogP contribution in [0.4, 0.5) is 4.39 Å². The van der Waals surface area contributed by atoms with Crippen LogP contribution in [0.25, 0.3) is 0 Å². The van der Waals surface area contributed by atoms with Crippen molar-refractivity contribution in [1.82, 2.24) is 0 Å². The quantitative estimate of drug-likeness (QED) is 0.910. The topological polar surface area (TPSA) is 46.5 Å². The molecule has 0 fully saturated rings. The van der Waals surface area contributed by atoms with Crippen LogP contribution in [0, 0.1) is 12.7 Å². The Morgan fingerprint density at radius 3 is 2.68 bits per heavy atom. The first kappa shape index (κ1) is 13.5. The maximum atomic E-state index is 14.0. The fourth-order valence-electron chi connectivity index (χ4n) is 1.58. The Morgan fingerprint density at radius 2 is 2.05 bits per heavy atom. The first-order chi connectivity index (χ1) is 8.99. The molecule has 0 heterocycles. The van der Waals surface area contributed by atoms with Gasteiger partial charge in [0.05, 0.1) is 10.0 Å². The van der Waals surface area contributed by atoms with Gasteiger partial charge in [0.2, 0.25) is 0 Å². The van der Waals surface area contributed by atoms with Crippen molar-refractivity contribution >= 4 is 21.9 Å². The molecular formula is C14H10BrFO3. The molecule has 2 rings (SSSR count). The van der Waals surface area contributed by atoms with Gasteiger partial charge < -0.3 is 9.84 Å². The van der Waals surface area contributed by atoms with E-state index in [9.17, 15) is 9.18 Å². The van der Waals surface area contributed by atoms with Gasteiger partial charge in [0.15, 0.2) is 11.6 Å². The van der Waals surface area contributed by atoms with Crippen LogP contribution < -0.4 is 4.74 Å². The smallest absolute Gasteiger partial charge is 0.336 e. The molecule has 2 aromatic rings. The third kappa shape index (κ3) is 2.93. The van der Waals surface area contributed by atoms with Crippen molar-refractivity contribution in [2.45, 2.75) is 6.92 Å². The Labute approximate surface area is 117 Å². The molecule has 0 aliphatic rings. The highest BCUT2D eigenvalue weighted by molar-refractivity contribution is 9.10.